The third-order valence-electron chi connectivity index (χ3n) is 2.18. The Morgan fingerprint density at radius 2 is 1.67 bits per heavy atom. The van der Waals surface area contributed by atoms with E-state index in [0.29, 0.717) is 0 Å². The molecule has 3 heteroatoms. The number of hydrogen-bond acceptors (Lipinski definition) is 2. The Balaban J connectivity index is 2.07. The molecule has 0 spiro atoms. The molecule has 1 rings (SSSR count). The molecule has 0 saturated carbocycles. The highest BCUT2D eigenvalue weighted by Crippen LogP contribution is 2.15. The Morgan fingerprint density at radius 1 is 1.00 bits per heavy atom. The largest absolute Gasteiger partial charge is 0.494 e. The zero-order valence-corrected chi connectivity index (χ0v) is 9.67. The minimum atomic E-state index is 0.741. The summed E-state index contributed by atoms with van der Waals surface area (Å²) in [6.07, 6.45) is 4.58. The van der Waals surface area contributed by atoms with Crippen molar-refractivity contribution >= 4 is 11.6 Å². The predicted octanol–water partition coefficient (Wildman–Crippen LogP) is 3.24. The highest BCUT2D eigenvalue weighted by Gasteiger charge is 1.93. The number of hydrogen-bond donors (Lipinski definition) is 1. The average molecular weight is 228 g/mol. The normalized spacial score (nSPS) is 10.3. The van der Waals surface area contributed by atoms with Crippen LogP contribution in [0.25, 0.3) is 0 Å². The van der Waals surface area contributed by atoms with Gasteiger partial charge in [-0.2, -0.15) is 0 Å². The zero-order valence-electron chi connectivity index (χ0n) is 8.92. The molecule has 2 nitrogen and oxygen atoms in total. The van der Waals surface area contributed by atoms with Gasteiger partial charge in [0.1, 0.15) is 5.75 Å². The number of benzene rings is 1. The van der Waals surface area contributed by atoms with E-state index in [1.807, 2.05) is 24.3 Å². The van der Waals surface area contributed by atoms with Gasteiger partial charge < -0.3 is 10.5 Å². The van der Waals surface area contributed by atoms with Gasteiger partial charge in [-0.15, -0.1) is 0 Å². The molecule has 0 aromatic heterocycles. The number of unbranched alkanes of at least 4 members (excludes halogenated alkanes) is 3. The van der Waals surface area contributed by atoms with Gasteiger partial charge in [-0.25, -0.2) is 0 Å². The molecule has 1 aromatic carbocycles. The first-order valence-corrected chi connectivity index (χ1v) is 5.79. The molecule has 15 heavy (non-hydrogen) atoms. The molecular weight excluding hydrogens is 210 g/mol. The Morgan fingerprint density at radius 3 is 2.33 bits per heavy atom. The minimum Gasteiger partial charge on any atom is -0.494 e. The summed E-state index contributed by atoms with van der Waals surface area (Å²) in [6, 6.07) is 7.46. The van der Waals surface area contributed by atoms with Crippen LogP contribution in [0, 0.1) is 0 Å². The lowest BCUT2D eigenvalue weighted by molar-refractivity contribution is 0.305. The average Bonchev–Trinajstić information content (AvgIpc) is 2.26. The molecule has 0 atom stereocenters. The van der Waals surface area contributed by atoms with E-state index in [4.69, 9.17) is 22.1 Å². The van der Waals surface area contributed by atoms with E-state index in [1.165, 1.54) is 12.8 Å². The van der Waals surface area contributed by atoms with Crippen LogP contribution < -0.4 is 10.5 Å². The van der Waals surface area contributed by atoms with Crippen molar-refractivity contribution in [3.05, 3.63) is 29.3 Å². The molecular formula is C12H18ClNO. The molecule has 0 aliphatic carbocycles. The first kappa shape index (κ1) is 12.3. The van der Waals surface area contributed by atoms with E-state index in [1.54, 1.807) is 0 Å². The summed E-state index contributed by atoms with van der Waals surface area (Å²) in [7, 11) is 0. The summed E-state index contributed by atoms with van der Waals surface area (Å²) in [5.41, 5.74) is 5.40. The van der Waals surface area contributed by atoms with E-state index in [9.17, 15) is 0 Å². The lowest BCUT2D eigenvalue weighted by Gasteiger charge is -2.05. The third-order valence-corrected chi connectivity index (χ3v) is 2.43. The standard InChI is InChI=1S/C12H18ClNO/c13-11-5-7-12(8-6-11)15-10-4-2-1-3-9-14/h5-8H,1-4,9-10,14H2. The molecule has 0 saturated heterocycles. The lowest BCUT2D eigenvalue weighted by atomic mass is 10.2. The molecule has 0 amide bonds. The van der Waals surface area contributed by atoms with Gasteiger partial charge in [0.05, 0.1) is 6.61 Å². The molecule has 0 unspecified atom stereocenters. The van der Waals surface area contributed by atoms with Crippen LogP contribution >= 0.6 is 11.6 Å². The van der Waals surface area contributed by atoms with Crippen molar-refractivity contribution in [1.29, 1.82) is 0 Å². The fourth-order valence-corrected chi connectivity index (χ4v) is 1.45. The van der Waals surface area contributed by atoms with E-state index in [2.05, 4.69) is 0 Å². The highest BCUT2D eigenvalue weighted by molar-refractivity contribution is 6.30. The highest BCUT2D eigenvalue weighted by atomic mass is 35.5. The SMILES string of the molecule is NCCCCCCOc1ccc(Cl)cc1. The van der Waals surface area contributed by atoms with Crippen LogP contribution in [-0.2, 0) is 0 Å². The van der Waals surface area contributed by atoms with E-state index >= 15 is 0 Å². The van der Waals surface area contributed by atoms with Crippen molar-refractivity contribution in [1.82, 2.24) is 0 Å². The summed E-state index contributed by atoms with van der Waals surface area (Å²) >= 11 is 5.76. The second-order valence-electron chi connectivity index (χ2n) is 3.51. The fraction of sp³-hybridized carbons (Fsp3) is 0.500. The molecule has 0 radical (unpaired) electrons. The molecule has 84 valence electrons. The second-order valence-corrected chi connectivity index (χ2v) is 3.94. The Bertz CT molecular complexity index is 261. The zero-order chi connectivity index (χ0) is 10.9. The maximum Gasteiger partial charge on any atom is 0.119 e. The van der Waals surface area contributed by atoms with Crippen LogP contribution in [0.2, 0.25) is 5.02 Å². The maximum absolute atomic E-state index is 5.76. The van der Waals surface area contributed by atoms with Gasteiger partial charge in [0.25, 0.3) is 0 Å². The third kappa shape index (κ3) is 5.65. The fourth-order valence-electron chi connectivity index (χ4n) is 1.32. The van der Waals surface area contributed by atoms with Gasteiger partial charge in [0, 0.05) is 5.02 Å². The number of ether oxygens (including phenoxy) is 1. The van der Waals surface area contributed by atoms with Crippen LogP contribution in [-0.4, -0.2) is 13.2 Å². The van der Waals surface area contributed by atoms with E-state index in [0.717, 1.165) is 36.8 Å². The molecule has 1 aromatic rings. The van der Waals surface area contributed by atoms with Crippen molar-refractivity contribution in [3.8, 4) is 5.75 Å². The quantitative estimate of drug-likeness (QED) is 0.726. The van der Waals surface area contributed by atoms with Crippen molar-refractivity contribution in [2.75, 3.05) is 13.2 Å². The maximum atomic E-state index is 5.76. The molecule has 0 heterocycles. The predicted molar refractivity (Wildman–Crippen MR) is 64.5 cm³/mol. The summed E-state index contributed by atoms with van der Waals surface area (Å²) in [4.78, 5) is 0. The molecule has 2 N–H and O–H groups in total. The summed E-state index contributed by atoms with van der Waals surface area (Å²) in [5.74, 6) is 0.887. The van der Waals surface area contributed by atoms with Gasteiger partial charge in [-0.05, 0) is 43.7 Å². The van der Waals surface area contributed by atoms with Crippen LogP contribution in [0.1, 0.15) is 25.7 Å². The number of nitrogens with two attached hydrogens (primary N) is 1. The summed E-state index contributed by atoms with van der Waals surface area (Å²) < 4.78 is 5.55. The minimum absolute atomic E-state index is 0.741. The Hall–Kier alpha value is -0.730. The first-order chi connectivity index (χ1) is 7.33. The lowest BCUT2D eigenvalue weighted by Crippen LogP contribution is -2.00. The number of halogens is 1. The molecule has 0 aliphatic heterocycles. The van der Waals surface area contributed by atoms with E-state index < -0.39 is 0 Å². The van der Waals surface area contributed by atoms with Gasteiger partial charge in [0.15, 0.2) is 0 Å². The number of rotatable bonds is 7. The molecule has 0 bridgehead atoms. The topological polar surface area (TPSA) is 35.2 Å². The smallest absolute Gasteiger partial charge is 0.119 e. The van der Waals surface area contributed by atoms with Gasteiger partial charge in [-0.3, -0.25) is 0 Å². The Labute approximate surface area is 96.4 Å². The molecule has 0 fully saturated rings. The van der Waals surface area contributed by atoms with Crippen molar-refractivity contribution < 1.29 is 4.74 Å². The van der Waals surface area contributed by atoms with E-state index in [-0.39, 0.29) is 0 Å². The van der Waals surface area contributed by atoms with Crippen LogP contribution in [0.5, 0.6) is 5.75 Å². The van der Waals surface area contributed by atoms with Gasteiger partial charge in [-0.1, -0.05) is 24.4 Å². The van der Waals surface area contributed by atoms with Crippen molar-refractivity contribution in [2.45, 2.75) is 25.7 Å². The van der Waals surface area contributed by atoms with Crippen molar-refractivity contribution in [3.63, 3.8) is 0 Å². The van der Waals surface area contributed by atoms with Crippen LogP contribution in [0.4, 0.5) is 0 Å². The van der Waals surface area contributed by atoms with Gasteiger partial charge >= 0.3 is 0 Å². The molecule has 0 aliphatic rings. The van der Waals surface area contributed by atoms with Crippen LogP contribution in [0.15, 0.2) is 24.3 Å². The Kier molecular flexibility index (Phi) is 6.21. The summed E-state index contributed by atoms with van der Waals surface area (Å²) in [5, 5.41) is 0.741. The van der Waals surface area contributed by atoms with Crippen molar-refractivity contribution in [2.24, 2.45) is 5.73 Å². The van der Waals surface area contributed by atoms with Crippen LogP contribution in [0.3, 0.4) is 0 Å². The van der Waals surface area contributed by atoms with Gasteiger partial charge in [0.2, 0.25) is 0 Å². The monoisotopic (exact) mass is 227 g/mol. The first-order valence-electron chi connectivity index (χ1n) is 5.41. The second kappa shape index (κ2) is 7.55. The summed E-state index contributed by atoms with van der Waals surface area (Å²) in [6.45, 7) is 1.56.